The average molecular weight is 243 g/mol. The molecular weight excluding hydrogens is 230 g/mol. The zero-order valence-electron chi connectivity index (χ0n) is 10.4. The maximum atomic E-state index is 11.5. The number of nitrogens with one attached hydrogen (secondary N) is 1. The molecule has 0 aliphatic heterocycles. The number of rotatable bonds is 1. The highest BCUT2D eigenvalue weighted by atomic mass is 16.6. The minimum Gasteiger partial charge on any atom is -0.444 e. The second-order valence-electron chi connectivity index (χ2n) is 4.61. The molecule has 18 heavy (non-hydrogen) atoms. The van der Waals surface area contributed by atoms with E-state index < -0.39 is 11.7 Å². The van der Waals surface area contributed by atoms with Crippen molar-refractivity contribution in [2.45, 2.75) is 26.4 Å². The Kier molecular flexibility index (Phi) is 3.91. The molecule has 0 heterocycles. The highest BCUT2D eigenvalue weighted by Crippen LogP contribution is 2.16. The molecule has 1 aromatic carbocycles. The lowest BCUT2D eigenvalue weighted by Crippen LogP contribution is -2.27. The molecule has 92 valence electrons. The first kappa shape index (κ1) is 13.5. The highest BCUT2D eigenvalue weighted by molar-refractivity contribution is 5.85. The molecule has 0 spiro atoms. The summed E-state index contributed by atoms with van der Waals surface area (Å²) in [7, 11) is 0. The lowest BCUT2D eigenvalue weighted by Gasteiger charge is -2.19. The monoisotopic (exact) mass is 243 g/mol. The Labute approximate surface area is 106 Å². The minimum absolute atomic E-state index is 0.214. The van der Waals surface area contributed by atoms with Crippen LogP contribution in [0.4, 0.5) is 10.5 Å². The van der Waals surface area contributed by atoms with Crippen LogP contribution in [0.25, 0.3) is 0 Å². The van der Waals surface area contributed by atoms with Gasteiger partial charge in [0.25, 0.3) is 0 Å². The minimum atomic E-state index is -0.601. The number of nitriles is 2. The maximum Gasteiger partial charge on any atom is 0.412 e. The van der Waals surface area contributed by atoms with Crippen LogP contribution in [-0.4, -0.2) is 11.7 Å². The molecule has 0 saturated heterocycles. The number of amides is 1. The number of anilines is 1. The van der Waals surface area contributed by atoms with Crippen molar-refractivity contribution >= 4 is 11.8 Å². The molecule has 0 fully saturated rings. The summed E-state index contributed by atoms with van der Waals surface area (Å²) in [6.07, 6.45) is -0.601. The van der Waals surface area contributed by atoms with E-state index in [-0.39, 0.29) is 11.1 Å². The smallest absolute Gasteiger partial charge is 0.412 e. The number of hydrogen-bond acceptors (Lipinski definition) is 4. The number of hydrogen-bond donors (Lipinski definition) is 1. The van der Waals surface area contributed by atoms with Crippen LogP contribution >= 0.6 is 0 Å². The Morgan fingerprint density at radius 2 is 1.83 bits per heavy atom. The molecule has 0 saturated carbocycles. The largest absolute Gasteiger partial charge is 0.444 e. The van der Waals surface area contributed by atoms with Crippen LogP contribution in [0.15, 0.2) is 18.2 Å². The van der Waals surface area contributed by atoms with E-state index >= 15 is 0 Å². The van der Waals surface area contributed by atoms with Gasteiger partial charge in [0, 0.05) is 5.69 Å². The third-order valence-corrected chi connectivity index (χ3v) is 1.91. The second-order valence-corrected chi connectivity index (χ2v) is 4.61. The van der Waals surface area contributed by atoms with Crippen molar-refractivity contribution in [1.82, 2.24) is 0 Å². The van der Waals surface area contributed by atoms with Crippen LogP contribution in [-0.2, 0) is 4.74 Å². The van der Waals surface area contributed by atoms with Crippen molar-refractivity contribution in [2.24, 2.45) is 0 Å². The molecule has 5 heteroatoms. The fourth-order valence-electron chi connectivity index (χ4n) is 1.23. The molecule has 0 aliphatic rings. The third-order valence-electron chi connectivity index (χ3n) is 1.91. The fraction of sp³-hybridized carbons (Fsp3) is 0.308. The fourth-order valence-corrected chi connectivity index (χ4v) is 1.23. The Balaban J connectivity index is 2.85. The van der Waals surface area contributed by atoms with Crippen molar-refractivity contribution in [2.75, 3.05) is 5.32 Å². The van der Waals surface area contributed by atoms with Crippen LogP contribution in [0.3, 0.4) is 0 Å². The summed E-state index contributed by atoms with van der Waals surface area (Å²) < 4.78 is 5.07. The molecule has 1 N–H and O–H groups in total. The highest BCUT2D eigenvalue weighted by Gasteiger charge is 2.16. The number of ether oxygens (including phenoxy) is 1. The van der Waals surface area contributed by atoms with Crippen molar-refractivity contribution in [1.29, 1.82) is 10.5 Å². The number of nitrogens with zero attached hydrogens (tertiary/aromatic N) is 2. The number of carbonyl (C=O) groups is 1. The summed E-state index contributed by atoms with van der Waals surface area (Å²) in [5, 5.41) is 20.1. The molecule has 0 atom stereocenters. The molecule has 0 bridgehead atoms. The first-order chi connectivity index (χ1) is 8.35. The molecule has 1 aromatic rings. The number of carbonyl (C=O) groups excluding carboxylic acids is 1. The predicted octanol–water partition coefficient (Wildman–Crippen LogP) is 2.78. The molecular formula is C13H13N3O2. The summed E-state index contributed by atoms with van der Waals surface area (Å²) >= 11 is 0. The SMILES string of the molecule is CC(C)(C)OC(=O)Nc1ccc(C#N)c(C#N)c1. The van der Waals surface area contributed by atoms with E-state index in [1.54, 1.807) is 26.8 Å². The van der Waals surface area contributed by atoms with Gasteiger partial charge in [-0.15, -0.1) is 0 Å². The van der Waals surface area contributed by atoms with Gasteiger partial charge in [-0.2, -0.15) is 10.5 Å². The standard InChI is InChI=1S/C13H13N3O2/c1-13(2,3)18-12(17)16-11-5-4-9(7-14)10(6-11)8-15/h4-6H,1-3H3,(H,16,17). The molecule has 5 nitrogen and oxygen atoms in total. The predicted molar refractivity (Wildman–Crippen MR) is 65.7 cm³/mol. The first-order valence-electron chi connectivity index (χ1n) is 5.30. The van der Waals surface area contributed by atoms with E-state index in [0.717, 1.165) is 0 Å². The van der Waals surface area contributed by atoms with Gasteiger partial charge in [0.2, 0.25) is 0 Å². The molecule has 0 aliphatic carbocycles. The van der Waals surface area contributed by atoms with E-state index in [9.17, 15) is 4.79 Å². The van der Waals surface area contributed by atoms with Gasteiger partial charge in [-0.3, -0.25) is 5.32 Å². The summed E-state index contributed by atoms with van der Waals surface area (Å²) in [4.78, 5) is 11.5. The van der Waals surface area contributed by atoms with Crippen LogP contribution in [0.1, 0.15) is 31.9 Å². The van der Waals surface area contributed by atoms with Gasteiger partial charge in [0.05, 0.1) is 11.1 Å². The summed E-state index contributed by atoms with van der Waals surface area (Å²) in [5.74, 6) is 0. The van der Waals surface area contributed by atoms with Crippen molar-refractivity contribution < 1.29 is 9.53 Å². The van der Waals surface area contributed by atoms with Crippen LogP contribution in [0, 0.1) is 22.7 Å². The van der Waals surface area contributed by atoms with Gasteiger partial charge in [-0.25, -0.2) is 4.79 Å². The number of benzene rings is 1. The van der Waals surface area contributed by atoms with Gasteiger partial charge in [0.15, 0.2) is 0 Å². The third kappa shape index (κ3) is 3.80. The van der Waals surface area contributed by atoms with Crippen molar-refractivity contribution in [3.63, 3.8) is 0 Å². The normalized spacial score (nSPS) is 10.1. The van der Waals surface area contributed by atoms with Crippen LogP contribution in [0.5, 0.6) is 0 Å². The lowest BCUT2D eigenvalue weighted by molar-refractivity contribution is 0.0636. The average Bonchev–Trinajstić information content (AvgIpc) is 2.26. The van der Waals surface area contributed by atoms with E-state index in [2.05, 4.69) is 5.32 Å². The topological polar surface area (TPSA) is 85.9 Å². The first-order valence-corrected chi connectivity index (χ1v) is 5.30. The Bertz CT molecular complexity index is 545. The van der Waals surface area contributed by atoms with Gasteiger partial charge >= 0.3 is 6.09 Å². The maximum absolute atomic E-state index is 11.5. The van der Waals surface area contributed by atoms with E-state index in [0.29, 0.717) is 5.69 Å². The Hall–Kier alpha value is -2.53. The zero-order chi connectivity index (χ0) is 13.8. The van der Waals surface area contributed by atoms with Crippen molar-refractivity contribution in [3.8, 4) is 12.1 Å². The zero-order valence-corrected chi connectivity index (χ0v) is 10.4. The van der Waals surface area contributed by atoms with Crippen molar-refractivity contribution in [3.05, 3.63) is 29.3 Å². The molecule has 0 aromatic heterocycles. The quantitative estimate of drug-likeness (QED) is 0.821. The molecule has 1 amide bonds. The molecule has 0 radical (unpaired) electrons. The second kappa shape index (κ2) is 5.20. The van der Waals surface area contributed by atoms with Gasteiger partial charge in [-0.1, -0.05) is 0 Å². The Morgan fingerprint density at radius 3 is 2.33 bits per heavy atom. The Morgan fingerprint density at radius 1 is 1.22 bits per heavy atom. The van der Waals surface area contributed by atoms with E-state index in [1.807, 2.05) is 12.1 Å². The molecule has 1 rings (SSSR count). The van der Waals surface area contributed by atoms with Gasteiger partial charge in [0.1, 0.15) is 17.7 Å². The van der Waals surface area contributed by atoms with E-state index in [4.69, 9.17) is 15.3 Å². The van der Waals surface area contributed by atoms with Crippen LogP contribution < -0.4 is 5.32 Å². The van der Waals surface area contributed by atoms with Crippen LogP contribution in [0.2, 0.25) is 0 Å². The van der Waals surface area contributed by atoms with Gasteiger partial charge in [-0.05, 0) is 39.0 Å². The lowest BCUT2D eigenvalue weighted by atomic mass is 10.1. The summed E-state index contributed by atoms with van der Waals surface area (Å²) in [5.41, 5.74) is 0.312. The summed E-state index contributed by atoms with van der Waals surface area (Å²) in [6.45, 7) is 5.27. The van der Waals surface area contributed by atoms with Gasteiger partial charge < -0.3 is 4.74 Å². The summed E-state index contributed by atoms with van der Waals surface area (Å²) in [6, 6.07) is 8.25. The molecule has 0 unspecified atom stereocenters. The van der Waals surface area contributed by atoms with E-state index in [1.165, 1.54) is 12.1 Å².